The van der Waals surface area contributed by atoms with Crippen LogP contribution in [0.4, 0.5) is 0 Å². The first-order chi connectivity index (χ1) is 6.72. The molecule has 1 aromatic rings. The second kappa shape index (κ2) is 5.70. The summed E-state index contributed by atoms with van der Waals surface area (Å²) in [6.45, 7) is 7.37. The molecule has 78 valence electrons. The highest BCUT2D eigenvalue weighted by molar-refractivity contribution is 5.06. The van der Waals surface area contributed by atoms with Gasteiger partial charge < -0.3 is 5.32 Å². The van der Waals surface area contributed by atoms with Crippen LogP contribution in [0.15, 0.2) is 12.1 Å². The molecule has 0 saturated heterocycles. The minimum absolute atomic E-state index is 0.479. The van der Waals surface area contributed by atoms with Gasteiger partial charge in [0.05, 0.1) is 11.4 Å². The number of nitrogens with one attached hydrogen (secondary N) is 1. The smallest absolute Gasteiger partial charge is 0.0646 e. The normalized spacial score (nSPS) is 12.8. The van der Waals surface area contributed by atoms with Crippen molar-refractivity contribution in [2.75, 3.05) is 6.54 Å². The van der Waals surface area contributed by atoms with Crippen molar-refractivity contribution in [1.29, 1.82) is 0 Å². The lowest BCUT2D eigenvalue weighted by molar-refractivity contribution is 0.536. The minimum atomic E-state index is 0.479. The Morgan fingerprint density at radius 3 is 2.71 bits per heavy atom. The Kier molecular flexibility index (Phi) is 4.53. The van der Waals surface area contributed by atoms with E-state index < -0.39 is 0 Å². The average molecular weight is 193 g/mol. The molecule has 1 N–H and O–H groups in total. The second-order valence-corrected chi connectivity index (χ2v) is 3.73. The van der Waals surface area contributed by atoms with Crippen LogP contribution in [-0.2, 0) is 6.42 Å². The lowest BCUT2D eigenvalue weighted by atomic mass is 10.1. The average Bonchev–Trinajstić information content (AvgIpc) is 2.18. The van der Waals surface area contributed by atoms with Gasteiger partial charge in [0.2, 0.25) is 0 Å². The van der Waals surface area contributed by atoms with Crippen LogP contribution in [-0.4, -0.2) is 22.8 Å². The summed E-state index contributed by atoms with van der Waals surface area (Å²) in [4.78, 5) is 0. The zero-order valence-electron chi connectivity index (χ0n) is 9.25. The predicted octanol–water partition coefficient (Wildman–Crippen LogP) is 1.72. The lowest BCUT2D eigenvalue weighted by Crippen LogP contribution is -2.29. The fraction of sp³-hybridized carbons (Fsp3) is 0.636. The van der Waals surface area contributed by atoms with Gasteiger partial charge in [0.1, 0.15) is 0 Å². The standard InChI is InChI=1S/C11H19N3/c1-4-7-12-10(3)8-11-6-5-9(2)13-14-11/h5-6,10,12H,4,7-8H2,1-3H3. The van der Waals surface area contributed by atoms with Crippen molar-refractivity contribution in [2.24, 2.45) is 0 Å². The van der Waals surface area contributed by atoms with Crippen LogP contribution in [0.5, 0.6) is 0 Å². The van der Waals surface area contributed by atoms with E-state index in [-0.39, 0.29) is 0 Å². The van der Waals surface area contributed by atoms with E-state index in [0.29, 0.717) is 6.04 Å². The molecule has 1 aromatic heterocycles. The van der Waals surface area contributed by atoms with Gasteiger partial charge in [-0.2, -0.15) is 10.2 Å². The summed E-state index contributed by atoms with van der Waals surface area (Å²) in [6.07, 6.45) is 2.12. The summed E-state index contributed by atoms with van der Waals surface area (Å²) in [5.74, 6) is 0. The fourth-order valence-electron chi connectivity index (χ4n) is 1.31. The number of hydrogen-bond donors (Lipinski definition) is 1. The molecule has 0 spiro atoms. The first-order valence-corrected chi connectivity index (χ1v) is 5.25. The number of aryl methyl sites for hydroxylation is 1. The molecule has 1 atom stereocenters. The third-order valence-corrected chi connectivity index (χ3v) is 2.11. The van der Waals surface area contributed by atoms with Gasteiger partial charge in [0, 0.05) is 12.5 Å². The van der Waals surface area contributed by atoms with E-state index >= 15 is 0 Å². The zero-order valence-corrected chi connectivity index (χ0v) is 9.25. The molecular weight excluding hydrogens is 174 g/mol. The van der Waals surface area contributed by atoms with Crippen molar-refractivity contribution in [3.63, 3.8) is 0 Å². The molecule has 1 unspecified atom stereocenters. The van der Waals surface area contributed by atoms with Crippen LogP contribution in [0, 0.1) is 6.92 Å². The summed E-state index contributed by atoms with van der Waals surface area (Å²) in [5.41, 5.74) is 2.04. The molecule has 0 fully saturated rings. The third kappa shape index (κ3) is 3.83. The molecule has 0 aliphatic rings. The third-order valence-electron chi connectivity index (χ3n) is 2.11. The maximum Gasteiger partial charge on any atom is 0.0646 e. The second-order valence-electron chi connectivity index (χ2n) is 3.73. The molecule has 3 heteroatoms. The van der Waals surface area contributed by atoms with Crippen LogP contribution in [0.2, 0.25) is 0 Å². The van der Waals surface area contributed by atoms with Gasteiger partial charge in [0.25, 0.3) is 0 Å². The Morgan fingerprint density at radius 1 is 1.36 bits per heavy atom. The molecule has 0 radical (unpaired) electrons. The van der Waals surface area contributed by atoms with E-state index in [9.17, 15) is 0 Å². The van der Waals surface area contributed by atoms with E-state index in [1.807, 2.05) is 19.1 Å². The van der Waals surface area contributed by atoms with E-state index in [0.717, 1.165) is 24.4 Å². The summed E-state index contributed by atoms with van der Waals surface area (Å²) in [7, 11) is 0. The molecular formula is C11H19N3. The van der Waals surface area contributed by atoms with Crippen LogP contribution in [0.3, 0.4) is 0 Å². The Bertz CT molecular complexity index is 256. The Balaban J connectivity index is 2.39. The molecule has 14 heavy (non-hydrogen) atoms. The fourth-order valence-corrected chi connectivity index (χ4v) is 1.31. The van der Waals surface area contributed by atoms with Crippen molar-refractivity contribution in [1.82, 2.24) is 15.5 Å². The van der Waals surface area contributed by atoms with Crippen LogP contribution >= 0.6 is 0 Å². The Labute approximate surface area is 85.9 Å². The Hall–Kier alpha value is -0.960. The van der Waals surface area contributed by atoms with Crippen molar-refractivity contribution in [3.8, 4) is 0 Å². The van der Waals surface area contributed by atoms with Crippen molar-refractivity contribution in [2.45, 2.75) is 39.7 Å². The molecule has 0 aliphatic carbocycles. The highest BCUT2D eigenvalue weighted by Gasteiger charge is 2.03. The Morgan fingerprint density at radius 2 is 2.14 bits per heavy atom. The molecule has 1 heterocycles. The number of rotatable bonds is 5. The van der Waals surface area contributed by atoms with Gasteiger partial charge in [-0.3, -0.25) is 0 Å². The van der Waals surface area contributed by atoms with Crippen molar-refractivity contribution >= 4 is 0 Å². The van der Waals surface area contributed by atoms with Crippen molar-refractivity contribution < 1.29 is 0 Å². The maximum atomic E-state index is 4.14. The maximum absolute atomic E-state index is 4.14. The number of aromatic nitrogens is 2. The lowest BCUT2D eigenvalue weighted by Gasteiger charge is -2.11. The van der Waals surface area contributed by atoms with Gasteiger partial charge in [-0.05, 0) is 38.9 Å². The van der Waals surface area contributed by atoms with E-state index in [1.165, 1.54) is 6.42 Å². The van der Waals surface area contributed by atoms with Crippen LogP contribution in [0.25, 0.3) is 0 Å². The molecule has 0 bridgehead atoms. The SMILES string of the molecule is CCCNC(C)Cc1ccc(C)nn1. The minimum Gasteiger partial charge on any atom is -0.314 e. The highest BCUT2D eigenvalue weighted by Crippen LogP contribution is 1.99. The van der Waals surface area contributed by atoms with Crippen LogP contribution in [0.1, 0.15) is 31.7 Å². The molecule has 0 saturated carbocycles. The van der Waals surface area contributed by atoms with Gasteiger partial charge in [-0.1, -0.05) is 6.92 Å². The first kappa shape index (κ1) is 11.1. The van der Waals surface area contributed by atoms with Gasteiger partial charge in [-0.25, -0.2) is 0 Å². The molecule has 0 amide bonds. The summed E-state index contributed by atoms with van der Waals surface area (Å²) in [6, 6.07) is 4.54. The molecule has 0 aliphatic heterocycles. The molecule has 0 aromatic carbocycles. The number of nitrogens with zero attached hydrogens (tertiary/aromatic N) is 2. The van der Waals surface area contributed by atoms with E-state index in [1.54, 1.807) is 0 Å². The zero-order chi connectivity index (χ0) is 10.4. The number of hydrogen-bond acceptors (Lipinski definition) is 3. The molecule has 1 rings (SSSR count). The topological polar surface area (TPSA) is 37.8 Å². The largest absolute Gasteiger partial charge is 0.314 e. The van der Waals surface area contributed by atoms with E-state index in [2.05, 4.69) is 29.4 Å². The van der Waals surface area contributed by atoms with Crippen LogP contribution < -0.4 is 5.32 Å². The van der Waals surface area contributed by atoms with Gasteiger partial charge in [0.15, 0.2) is 0 Å². The highest BCUT2D eigenvalue weighted by atomic mass is 15.1. The molecule has 3 nitrogen and oxygen atoms in total. The van der Waals surface area contributed by atoms with E-state index in [4.69, 9.17) is 0 Å². The summed E-state index contributed by atoms with van der Waals surface area (Å²) >= 11 is 0. The predicted molar refractivity (Wildman–Crippen MR) is 58.2 cm³/mol. The summed E-state index contributed by atoms with van der Waals surface area (Å²) < 4.78 is 0. The summed E-state index contributed by atoms with van der Waals surface area (Å²) in [5, 5.41) is 11.6. The van der Waals surface area contributed by atoms with Crippen molar-refractivity contribution in [3.05, 3.63) is 23.5 Å². The quantitative estimate of drug-likeness (QED) is 0.773. The van der Waals surface area contributed by atoms with Gasteiger partial charge >= 0.3 is 0 Å². The first-order valence-electron chi connectivity index (χ1n) is 5.25. The monoisotopic (exact) mass is 193 g/mol. The van der Waals surface area contributed by atoms with Gasteiger partial charge in [-0.15, -0.1) is 0 Å².